The van der Waals surface area contributed by atoms with Crippen molar-refractivity contribution in [2.75, 3.05) is 38.4 Å². The smallest absolute Gasteiger partial charge is 0.253 e. The maximum atomic E-state index is 12.3. The molecule has 124 valence electrons. The second-order valence-electron chi connectivity index (χ2n) is 5.99. The van der Waals surface area contributed by atoms with Crippen LogP contribution < -0.4 is 15.6 Å². The normalized spacial score (nSPS) is 13.9. The largest absolute Gasteiger partial charge is 0.496 e. The minimum absolute atomic E-state index is 0.00647. The van der Waals surface area contributed by atoms with Gasteiger partial charge in [0.05, 0.1) is 23.7 Å². The van der Waals surface area contributed by atoms with Gasteiger partial charge in [-0.25, -0.2) is 0 Å². The second kappa shape index (κ2) is 6.81. The van der Waals surface area contributed by atoms with Gasteiger partial charge in [0, 0.05) is 31.1 Å². The molecule has 1 aliphatic rings. The van der Waals surface area contributed by atoms with E-state index in [0.29, 0.717) is 5.88 Å². The topological polar surface area (TPSA) is 57.4 Å². The van der Waals surface area contributed by atoms with Gasteiger partial charge in [0.2, 0.25) is 0 Å². The second-order valence-corrected chi connectivity index (χ2v) is 6.36. The summed E-state index contributed by atoms with van der Waals surface area (Å²) in [5.74, 6) is 1.38. The SMILES string of the molecule is COc1cc(CN(C)CCCl)cc2[nH]c(=O)c3c(c12)NCCC3. The molecule has 3 rings (SSSR count). The lowest BCUT2D eigenvalue weighted by atomic mass is 9.99. The van der Waals surface area contributed by atoms with Gasteiger partial charge in [0.1, 0.15) is 5.75 Å². The fourth-order valence-corrected chi connectivity index (χ4v) is 3.48. The highest BCUT2D eigenvalue weighted by molar-refractivity contribution is 6.18. The third kappa shape index (κ3) is 3.16. The molecule has 0 saturated heterocycles. The highest BCUT2D eigenvalue weighted by Crippen LogP contribution is 2.35. The van der Waals surface area contributed by atoms with E-state index in [1.807, 2.05) is 19.2 Å². The molecule has 0 fully saturated rings. The number of hydrogen-bond donors (Lipinski definition) is 2. The van der Waals surface area contributed by atoms with E-state index in [2.05, 4.69) is 15.2 Å². The van der Waals surface area contributed by atoms with Crippen LogP contribution in [0.15, 0.2) is 16.9 Å². The zero-order chi connectivity index (χ0) is 16.4. The van der Waals surface area contributed by atoms with E-state index < -0.39 is 0 Å². The predicted octanol–water partition coefficient (Wildman–Crippen LogP) is 2.57. The number of anilines is 1. The molecule has 2 heterocycles. The van der Waals surface area contributed by atoms with Crippen molar-refractivity contribution >= 4 is 28.2 Å². The van der Waals surface area contributed by atoms with Gasteiger partial charge in [-0.15, -0.1) is 11.6 Å². The molecular weight excluding hydrogens is 314 g/mol. The Morgan fingerprint density at radius 3 is 2.96 bits per heavy atom. The van der Waals surface area contributed by atoms with Crippen LogP contribution in [0.3, 0.4) is 0 Å². The Balaban J connectivity index is 2.13. The predicted molar refractivity (Wildman–Crippen MR) is 95.0 cm³/mol. The van der Waals surface area contributed by atoms with Gasteiger partial charge < -0.3 is 19.9 Å². The lowest BCUT2D eigenvalue weighted by Crippen LogP contribution is -2.23. The first-order valence-electron chi connectivity index (χ1n) is 7.88. The molecule has 23 heavy (non-hydrogen) atoms. The summed E-state index contributed by atoms with van der Waals surface area (Å²) in [6.45, 7) is 2.45. The number of aromatic nitrogens is 1. The molecule has 5 nitrogen and oxygen atoms in total. The molecule has 0 spiro atoms. The number of fused-ring (bicyclic) bond motifs is 3. The van der Waals surface area contributed by atoms with Crippen molar-refractivity contribution in [2.45, 2.75) is 19.4 Å². The van der Waals surface area contributed by atoms with Gasteiger partial charge >= 0.3 is 0 Å². The van der Waals surface area contributed by atoms with E-state index in [0.717, 1.165) is 65.9 Å². The van der Waals surface area contributed by atoms with Crippen molar-refractivity contribution in [1.29, 1.82) is 0 Å². The molecule has 1 aliphatic heterocycles. The maximum Gasteiger partial charge on any atom is 0.253 e. The fraction of sp³-hybridized carbons (Fsp3) is 0.471. The van der Waals surface area contributed by atoms with Crippen LogP contribution in [-0.2, 0) is 13.0 Å². The van der Waals surface area contributed by atoms with Crippen molar-refractivity contribution < 1.29 is 4.74 Å². The van der Waals surface area contributed by atoms with Crippen LogP contribution in [0.5, 0.6) is 5.75 Å². The minimum atomic E-state index is -0.00647. The molecule has 0 bridgehead atoms. The lowest BCUT2D eigenvalue weighted by Gasteiger charge is -2.22. The number of nitrogens with one attached hydrogen (secondary N) is 2. The molecule has 0 atom stereocenters. The summed E-state index contributed by atoms with van der Waals surface area (Å²) in [6, 6.07) is 4.07. The van der Waals surface area contributed by atoms with Crippen LogP contribution in [0, 0.1) is 0 Å². The molecular formula is C17H22ClN3O2. The number of ether oxygens (including phenoxy) is 1. The third-order valence-electron chi connectivity index (χ3n) is 4.28. The molecule has 1 aromatic heterocycles. The van der Waals surface area contributed by atoms with E-state index >= 15 is 0 Å². The Labute approximate surface area is 140 Å². The summed E-state index contributed by atoms with van der Waals surface area (Å²) in [5.41, 5.74) is 3.65. The summed E-state index contributed by atoms with van der Waals surface area (Å²) >= 11 is 5.79. The van der Waals surface area contributed by atoms with E-state index in [-0.39, 0.29) is 5.56 Å². The van der Waals surface area contributed by atoms with Crippen LogP contribution in [-0.4, -0.2) is 43.0 Å². The van der Waals surface area contributed by atoms with E-state index in [4.69, 9.17) is 16.3 Å². The third-order valence-corrected chi connectivity index (χ3v) is 4.45. The molecule has 0 aliphatic carbocycles. The Bertz CT molecular complexity index is 773. The number of nitrogens with zero attached hydrogens (tertiary/aromatic N) is 1. The van der Waals surface area contributed by atoms with Gasteiger partial charge in [-0.2, -0.15) is 0 Å². The average molecular weight is 336 g/mol. The van der Waals surface area contributed by atoms with Crippen LogP contribution in [0.4, 0.5) is 5.69 Å². The van der Waals surface area contributed by atoms with Crippen molar-refractivity contribution in [3.63, 3.8) is 0 Å². The fourth-order valence-electron chi connectivity index (χ4n) is 3.19. The first kappa shape index (κ1) is 16.1. The van der Waals surface area contributed by atoms with Crippen LogP contribution in [0.25, 0.3) is 10.9 Å². The van der Waals surface area contributed by atoms with Crippen LogP contribution >= 0.6 is 11.6 Å². The Morgan fingerprint density at radius 1 is 1.39 bits per heavy atom. The van der Waals surface area contributed by atoms with Crippen LogP contribution in [0.1, 0.15) is 17.5 Å². The Hall–Kier alpha value is -1.72. The minimum Gasteiger partial charge on any atom is -0.496 e. The van der Waals surface area contributed by atoms with Gasteiger partial charge in [-0.05, 0) is 37.6 Å². The summed E-state index contributed by atoms with van der Waals surface area (Å²) in [5, 5.41) is 4.34. The number of H-pyrrole nitrogens is 1. The van der Waals surface area contributed by atoms with Crippen molar-refractivity contribution in [1.82, 2.24) is 9.88 Å². The Morgan fingerprint density at radius 2 is 2.22 bits per heavy atom. The number of alkyl halides is 1. The number of methoxy groups -OCH3 is 1. The van der Waals surface area contributed by atoms with Gasteiger partial charge in [0.25, 0.3) is 5.56 Å². The van der Waals surface area contributed by atoms with Gasteiger partial charge in [-0.1, -0.05) is 0 Å². The monoisotopic (exact) mass is 335 g/mol. The molecule has 0 saturated carbocycles. The van der Waals surface area contributed by atoms with E-state index in [1.54, 1.807) is 7.11 Å². The Kier molecular flexibility index (Phi) is 4.78. The number of halogens is 1. The summed E-state index contributed by atoms with van der Waals surface area (Å²) < 4.78 is 5.61. The zero-order valence-corrected chi connectivity index (χ0v) is 14.3. The molecule has 1 aromatic carbocycles. The van der Waals surface area contributed by atoms with Crippen LogP contribution in [0.2, 0.25) is 0 Å². The average Bonchev–Trinajstić information content (AvgIpc) is 2.54. The van der Waals surface area contributed by atoms with Crippen molar-refractivity contribution in [2.24, 2.45) is 0 Å². The summed E-state index contributed by atoms with van der Waals surface area (Å²) in [7, 11) is 3.69. The number of pyridine rings is 1. The number of rotatable bonds is 5. The molecule has 0 radical (unpaired) electrons. The number of aromatic amines is 1. The summed E-state index contributed by atoms with van der Waals surface area (Å²) in [6.07, 6.45) is 1.78. The highest BCUT2D eigenvalue weighted by Gasteiger charge is 2.19. The number of hydrogen-bond acceptors (Lipinski definition) is 4. The molecule has 2 aromatic rings. The van der Waals surface area contributed by atoms with Gasteiger partial charge in [0.15, 0.2) is 0 Å². The standard InChI is InChI=1S/C17H22ClN3O2/c1-21(7-5-18)10-11-8-13-15(14(9-11)23-2)16-12(17(22)20-13)4-3-6-19-16/h8-9,19H,3-7,10H2,1-2H3,(H,20,22). The summed E-state index contributed by atoms with van der Waals surface area (Å²) in [4.78, 5) is 17.5. The van der Waals surface area contributed by atoms with Gasteiger partial charge in [-0.3, -0.25) is 4.79 Å². The zero-order valence-electron chi connectivity index (χ0n) is 13.5. The maximum absolute atomic E-state index is 12.3. The van der Waals surface area contributed by atoms with Crippen molar-refractivity contribution in [3.05, 3.63) is 33.6 Å². The van der Waals surface area contributed by atoms with E-state index in [1.165, 1.54) is 0 Å². The first-order valence-corrected chi connectivity index (χ1v) is 8.41. The highest BCUT2D eigenvalue weighted by atomic mass is 35.5. The molecule has 2 N–H and O–H groups in total. The molecule has 0 amide bonds. The lowest BCUT2D eigenvalue weighted by molar-refractivity contribution is 0.346. The molecule has 6 heteroatoms. The number of benzene rings is 1. The quantitative estimate of drug-likeness (QED) is 0.825. The first-order chi connectivity index (χ1) is 11.1. The molecule has 0 unspecified atom stereocenters. The van der Waals surface area contributed by atoms with Crippen molar-refractivity contribution in [3.8, 4) is 5.75 Å². The van der Waals surface area contributed by atoms with E-state index in [9.17, 15) is 4.79 Å².